The van der Waals surface area contributed by atoms with E-state index in [9.17, 15) is 4.79 Å². The molecule has 5 heteroatoms. The number of carbonyl (C=O) groups is 1. The molecule has 4 aromatic rings. The standard InChI is InChI=1S/C30H35N3O2/c1-21(2)24-16-15-22(3)20-28(24)35-19-18-33-27-13-8-7-12-26(27)32-29(33)14-9-17-31-30(34)25-11-6-5-10-23(25)4/h5-8,10-13,15-16,20-21H,9,14,17-19H2,1-4H3,(H,31,34). The van der Waals surface area contributed by atoms with Gasteiger partial charge < -0.3 is 14.6 Å². The molecule has 0 spiro atoms. The van der Waals surface area contributed by atoms with Crippen molar-refractivity contribution in [1.29, 1.82) is 0 Å². The predicted molar refractivity (Wildman–Crippen MR) is 142 cm³/mol. The van der Waals surface area contributed by atoms with Crippen LogP contribution in [0.4, 0.5) is 0 Å². The van der Waals surface area contributed by atoms with Crippen LogP contribution < -0.4 is 10.1 Å². The highest BCUT2D eigenvalue weighted by Crippen LogP contribution is 2.27. The highest BCUT2D eigenvalue weighted by Gasteiger charge is 2.13. The minimum Gasteiger partial charge on any atom is -0.491 e. The van der Waals surface area contributed by atoms with E-state index < -0.39 is 0 Å². The molecule has 0 aliphatic carbocycles. The second kappa shape index (κ2) is 11.2. The maximum absolute atomic E-state index is 12.5. The monoisotopic (exact) mass is 469 g/mol. The molecule has 1 N–H and O–H groups in total. The summed E-state index contributed by atoms with van der Waals surface area (Å²) in [6.07, 6.45) is 1.60. The van der Waals surface area contributed by atoms with Gasteiger partial charge in [-0.3, -0.25) is 4.79 Å². The summed E-state index contributed by atoms with van der Waals surface area (Å²) in [4.78, 5) is 17.4. The Morgan fingerprint density at radius 2 is 1.80 bits per heavy atom. The van der Waals surface area contributed by atoms with Gasteiger partial charge in [0.15, 0.2) is 0 Å². The summed E-state index contributed by atoms with van der Waals surface area (Å²) in [6.45, 7) is 10.3. The van der Waals surface area contributed by atoms with Crippen molar-refractivity contribution in [3.8, 4) is 5.75 Å². The van der Waals surface area contributed by atoms with Crippen LogP contribution in [-0.2, 0) is 13.0 Å². The minimum absolute atomic E-state index is 0.0240. The summed E-state index contributed by atoms with van der Waals surface area (Å²) in [6, 6.07) is 22.3. The van der Waals surface area contributed by atoms with Crippen molar-refractivity contribution in [3.63, 3.8) is 0 Å². The smallest absolute Gasteiger partial charge is 0.251 e. The molecule has 182 valence electrons. The Morgan fingerprint density at radius 3 is 2.60 bits per heavy atom. The predicted octanol–water partition coefficient (Wildman–Crippen LogP) is 6.22. The molecule has 0 atom stereocenters. The molecule has 0 fully saturated rings. The summed E-state index contributed by atoms with van der Waals surface area (Å²) in [5.41, 5.74) is 6.25. The van der Waals surface area contributed by atoms with Crippen LogP contribution in [0.1, 0.15) is 59.1 Å². The van der Waals surface area contributed by atoms with Crippen molar-refractivity contribution in [2.45, 2.75) is 53.0 Å². The number of hydrogen-bond donors (Lipinski definition) is 1. The van der Waals surface area contributed by atoms with E-state index in [-0.39, 0.29) is 5.91 Å². The topological polar surface area (TPSA) is 56.1 Å². The molecular weight excluding hydrogens is 434 g/mol. The van der Waals surface area contributed by atoms with Crippen LogP contribution in [0.15, 0.2) is 66.7 Å². The number of amides is 1. The zero-order chi connectivity index (χ0) is 24.8. The van der Waals surface area contributed by atoms with Gasteiger partial charge in [-0.25, -0.2) is 4.98 Å². The first-order valence-corrected chi connectivity index (χ1v) is 12.5. The first-order valence-electron chi connectivity index (χ1n) is 12.5. The van der Waals surface area contributed by atoms with E-state index in [1.165, 1.54) is 11.1 Å². The Balaban J connectivity index is 1.41. The van der Waals surface area contributed by atoms with E-state index in [0.29, 0.717) is 19.1 Å². The lowest BCUT2D eigenvalue weighted by molar-refractivity contribution is 0.0952. The summed E-state index contributed by atoms with van der Waals surface area (Å²) in [5.74, 6) is 2.37. The van der Waals surface area contributed by atoms with Gasteiger partial charge in [0, 0.05) is 18.5 Å². The molecule has 0 bridgehead atoms. The minimum atomic E-state index is -0.0240. The van der Waals surface area contributed by atoms with Gasteiger partial charge in [-0.1, -0.05) is 56.3 Å². The molecule has 35 heavy (non-hydrogen) atoms. The van der Waals surface area contributed by atoms with E-state index in [1.54, 1.807) is 0 Å². The van der Waals surface area contributed by atoms with Crippen LogP contribution in [0.3, 0.4) is 0 Å². The summed E-state index contributed by atoms with van der Waals surface area (Å²) in [7, 11) is 0. The second-order valence-electron chi connectivity index (χ2n) is 9.39. The average Bonchev–Trinajstić information content (AvgIpc) is 3.19. The summed E-state index contributed by atoms with van der Waals surface area (Å²) in [5, 5.41) is 3.05. The molecule has 0 radical (unpaired) electrons. The number of para-hydroxylation sites is 2. The number of aryl methyl sites for hydroxylation is 3. The largest absolute Gasteiger partial charge is 0.491 e. The first-order chi connectivity index (χ1) is 16.9. The second-order valence-corrected chi connectivity index (χ2v) is 9.39. The maximum atomic E-state index is 12.5. The van der Waals surface area contributed by atoms with E-state index in [0.717, 1.165) is 53.1 Å². The van der Waals surface area contributed by atoms with Crippen molar-refractivity contribution in [2.24, 2.45) is 0 Å². The molecule has 0 aliphatic heterocycles. The molecule has 0 aliphatic rings. The maximum Gasteiger partial charge on any atom is 0.251 e. The summed E-state index contributed by atoms with van der Waals surface area (Å²) >= 11 is 0. The average molecular weight is 470 g/mol. The Morgan fingerprint density at radius 1 is 1.03 bits per heavy atom. The van der Waals surface area contributed by atoms with Crippen LogP contribution in [0.5, 0.6) is 5.75 Å². The zero-order valence-electron chi connectivity index (χ0n) is 21.2. The van der Waals surface area contributed by atoms with E-state index in [1.807, 2.05) is 49.4 Å². The Labute approximate surface area is 208 Å². The molecule has 1 aromatic heterocycles. The molecule has 1 heterocycles. The van der Waals surface area contributed by atoms with Gasteiger partial charge in [-0.2, -0.15) is 0 Å². The molecule has 0 unspecified atom stereocenters. The fourth-order valence-corrected chi connectivity index (χ4v) is 4.43. The lowest BCUT2D eigenvalue weighted by atomic mass is 10.0. The van der Waals surface area contributed by atoms with Gasteiger partial charge in [-0.05, 0) is 67.1 Å². The number of nitrogens with zero attached hydrogens (tertiary/aromatic N) is 2. The number of fused-ring (bicyclic) bond motifs is 1. The van der Waals surface area contributed by atoms with Crippen molar-refractivity contribution < 1.29 is 9.53 Å². The highest BCUT2D eigenvalue weighted by molar-refractivity contribution is 5.95. The van der Waals surface area contributed by atoms with Crippen LogP contribution in [0.2, 0.25) is 0 Å². The third kappa shape index (κ3) is 5.91. The fraction of sp³-hybridized carbons (Fsp3) is 0.333. The van der Waals surface area contributed by atoms with E-state index >= 15 is 0 Å². The van der Waals surface area contributed by atoms with Crippen LogP contribution in [-0.4, -0.2) is 28.6 Å². The molecule has 5 nitrogen and oxygen atoms in total. The van der Waals surface area contributed by atoms with Gasteiger partial charge in [0.2, 0.25) is 0 Å². The van der Waals surface area contributed by atoms with Crippen molar-refractivity contribution in [1.82, 2.24) is 14.9 Å². The van der Waals surface area contributed by atoms with Crippen LogP contribution >= 0.6 is 0 Å². The third-order valence-electron chi connectivity index (χ3n) is 6.35. The van der Waals surface area contributed by atoms with Crippen LogP contribution in [0, 0.1) is 13.8 Å². The fourth-order valence-electron chi connectivity index (χ4n) is 4.43. The number of ether oxygens (including phenoxy) is 1. The van der Waals surface area contributed by atoms with E-state index in [2.05, 4.69) is 54.9 Å². The third-order valence-corrected chi connectivity index (χ3v) is 6.35. The number of rotatable bonds is 10. The molecule has 0 saturated carbocycles. The molecule has 1 amide bonds. The molecule has 0 saturated heterocycles. The lowest BCUT2D eigenvalue weighted by Crippen LogP contribution is -2.25. The van der Waals surface area contributed by atoms with Gasteiger partial charge >= 0.3 is 0 Å². The Hall–Kier alpha value is -3.60. The first kappa shape index (κ1) is 24.5. The van der Waals surface area contributed by atoms with Crippen molar-refractivity contribution >= 4 is 16.9 Å². The Bertz CT molecular complexity index is 1310. The van der Waals surface area contributed by atoms with Crippen molar-refractivity contribution in [2.75, 3.05) is 13.2 Å². The van der Waals surface area contributed by atoms with Gasteiger partial charge in [-0.15, -0.1) is 0 Å². The van der Waals surface area contributed by atoms with E-state index in [4.69, 9.17) is 9.72 Å². The number of carbonyl (C=O) groups excluding carboxylic acids is 1. The molecule has 4 rings (SSSR count). The quantitative estimate of drug-likeness (QED) is 0.281. The van der Waals surface area contributed by atoms with Gasteiger partial charge in [0.1, 0.15) is 18.2 Å². The number of benzene rings is 3. The highest BCUT2D eigenvalue weighted by atomic mass is 16.5. The number of aromatic nitrogens is 2. The summed E-state index contributed by atoms with van der Waals surface area (Å²) < 4.78 is 8.52. The number of hydrogen-bond acceptors (Lipinski definition) is 3. The SMILES string of the molecule is Cc1ccc(C(C)C)c(OCCn2c(CCCNC(=O)c3ccccc3C)nc3ccccc32)c1. The lowest BCUT2D eigenvalue weighted by Gasteiger charge is -2.16. The molecule has 3 aromatic carbocycles. The number of imidazole rings is 1. The zero-order valence-corrected chi connectivity index (χ0v) is 21.2. The number of nitrogens with one attached hydrogen (secondary N) is 1. The van der Waals surface area contributed by atoms with Crippen molar-refractivity contribution in [3.05, 3.63) is 94.8 Å². The van der Waals surface area contributed by atoms with Crippen LogP contribution in [0.25, 0.3) is 11.0 Å². The van der Waals surface area contributed by atoms with Gasteiger partial charge in [0.25, 0.3) is 5.91 Å². The Kier molecular flexibility index (Phi) is 7.86. The molecular formula is C30H35N3O2. The van der Waals surface area contributed by atoms with Gasteiger partial charge in [0.05, 0.1) is 17.6 Å². The normalized spacial score (nSPS) is 11.2.